The lowest BCUT2D eigenvalue weighted by molar-refractivity contribution is 0.230. The largest absolute Gasteiger partial charge is 0.490 e. The van der Waals surface area contributed by atoms with Crippen LogP contribution in [0, 0.1) is 5.82 Å². The number of benzene rings is 1. The summed E-state index contributed by atoms with van der Waals surface area (Å²) in [6.07, 6.45) is 3.24. The molecule has 148 valence electrons. The minimum absolute atomic E-state index is 0. The van der Waals surface area contributed by atoms with E-state index in [-0.39, 0.29) is 35.9 Å². The summed E-state index contributed by atoms with van der Waals surface area (Å²) in [6.45, 7) is 6.24. The first-order valence-electron chi connectivity index (χ1n) is 8.64. The van der Waals surface area contributed by atoms with E-state index in [1.807, 2.05) is 26.0 Å². The summed E-state index contributed by atoms with van der Waals surface area (Å²) in [5.74, 6) is 1.77. The molecule has 2 aromatic rings. The Morgan fingerprint density at radius 1 is 1.19 bits per heavy atom. The Bertz CT molecular complexity index is 671. The van der Waals surface area contributed by atoms with E-state index < -0.39 is 0 Å². The first-order chi connectivity index (χ1) is 12.7. The van der Waals surface area contributed by atoms with E-state index in [4.69, 9.17) is 9.47 Å². The van der Waals surface area contributed by atoms with E-state index in [2.05, 4.69) is 20.6 Å². The van der Waals surface area contributed by atoms with Crippen LogP contribution in [0.2, 0.25) is 0 Å². The molecule has 1 aromatic carbocycles. The maximum absolute atomic E-state index is 12.9. The Labute approximate surface area is 176 Å². The van der Waals surface area contributed by atoms with Crippen molar-refractivity contribution in [1.82, 2.24) is 15.6 Å². The fourth-order valence-corrected chi connectivity index (χ4v) is 2.12. The van der Waals surface area contributed by atoms with Crippen molar-refractivity contribution in [2.24, 2.45) is 4.99 Å². The number of ether oxygens (including phenoxy) is 2. The maximum Gasteiger partial charge on any atom is 0.191 e. The lowest BCUT2D eigenvalue weighted by Gasteiger charge is -2.15. The fraction of sp³-hybridized carbons (Fsp3) is 0.368. The highest BCUT2D eigenvalue weighted by Gasteiger charge is 2.05. The van der Waals surface area contributed by atoms with Crippen molar-refractivity contribution in [3.63, 3.8) is 0 Å². The van der Waals surface area contributed by atoms with Gasteiger partial charge in [0.1, 0.15) is 30.0 Å². The zero-order valence-corrected chi connectivity index (χ0v) is 17.9. The van der Waals surface area contributed by atoms with Gasteiger partial charge in [-0.25, -0.2) is 9.38 Å². The van der Waals surface area contributed by atoms with Crippen LogP contribution >= 0.6 is 24.0 Å². The topological polar surface area (TPSA) is 67.8 Å². The van der Waals surface area contributed by atoms with Gasteiger partial charge in [-0.3, -0.25) is 4.98 Å². The number of pyridine rings is 1. The van der Waals surface area contributed by atoms with E-state index in [0.717, 1.165) is 12.3 Å². The molecule has 1 heterocycles. The van der Waals surface area contributed by atoms with Gasteiger partial charge in [-0.1, -0.05) is 0 Å². The molecule has 0 aliphatic rings. The van der Waals surface area contributed by atoms with Crippen LogP contribution in [-0.2, 0) is 0 Å². The molecule has 1 unspecified atom stereocenters. The summed E-state index contributed by atoms with van der Waals surface area (Å²) in [4.78, 5) is 8.50. The van der Waals surface area contributed by atoms with Gasteiger partial charge in [0.2, 0.25) is 0 Å². The third-order valence-electron chi connectivity index (χ3n) is 3.30. The highest BCUT2D eigenvalue weighted by Crippen LogP contribution is 2.13. The Hall–Kier alpha value is -2.10. The molecule has 0 radical (unpaired) electrons. The summed E-state index contributed by atoms with van der Waals surface area (Å²) >= 11 is 0. The van der Waals surface area contributed by atoms with Crippen molar-refractivity contribution in [3.8, 4) is 11.5 Å². The van der Waals surface area contributed by atoms with E-state index in [0.29, 0.717) is 31.4 Å². The number of hydrogen-bond acceptors (Lipinski definition) is 4. The molecular weight excluding hydrogens is 462 g/mol. The Kier molecular flexibility index (Phi) is 11.2. The third-order valence-corrected chi connectivity index (χ3v) is 3.30. The number of nitrogens with zero attached hydrogens (tertiary/aromatic N) is 2. The average Bonchev–Trinajstić information content (AvgIpc) is 2.66. The van der Waals surface area contributed by atoms with Crippen molar-refractivity contribution in [2.75, 3.05) is 26.2 Å². The fourth-order valence-electron chi connectivity index (χ4n) is 2.12. The van der Waals surface area contributed by atoms with Crippen LogP contribution < -0.4 is 20.1 Å². The molecule has 0 aliphatic heterocycles. The summed E-state index contributed by atoms with van der Waals surface area (Å²) < 4.78 is 24.2. The molecule has 0 amide bonds. The van der Waals surface area contributed by atoms with Crippen LogP contribution in [-0.4, -0.2) is 43.3 Å². The van der Waals surface area contributed by atoms with E-state index in [9.17, 15) is 4.39 Å². The lowest BCUT2D eigenvalue weighted by Crippen LogP contribution is -2.40. The summed E-state index contributed by atoms with van der Waals surface area (Å²) in [6, 6.07) is 9.65. The van der Waals surface area contributed by atoms with Crippen molar-refractivity contribution in [2.45, 2.75) is 20.0 Å². The molecule has 1 aromatic heterocycles. The predicted octanol–water partition coefficient (Wildman–Crippen LogP) is 3.24. The highest BCUT2D eigenvalue weighted by molar-refractivity contribution is 14.0. The Balaban J connectivity index is 0.00000364. The van der Waals surface area contributed by atoms with Gasteiger partial charge in [0.05, 0.1) is 19.3 Å². The van der Waals surface area contributed by atoms with Crippen LogP contribution in [0.25, 0.3) is 0 Å². The Morgan fingerprint density at radius 2 is 1.96 bits per heavy atom. The van der Waals surface area contributed by atoms with Crippen molar-refractivity contribution < 1.29 is 13.9 Å². The second-order valence-corrected chi connectivity index (χ2v) is 5.57. The first kappa shape index (κ1) is 22.9. The molecule has 2 rings (SSSR count). The van der Waals surface area contributed by atoms with E-state index in [1.165, 1.54) is 12.1 Å². The number of guanidine groups is 1. The summed E-state index contributed by atoms with van der Waals surface area (Å²) in [5.41, 5.74) is 0. The molecule has 0 fully saturated rings. The first-order valence-corrected chi connectivity index (χ1v) is 8.64. The summed E-state index contributed by atoms with van der Waals surface area (Å²) in [5, 5.41) is 6.38. The van der Waals surface area contributed by atoms with E-state index in [1.54, 1.807) is 24.5 Å². The molecule has 8 heteroatoms. The van der Waals surface area contributed by atoms with Crippen molar-refractivity contribution in [3.05, 3.63) is 54.6 Å². The minimum atomic E-state index is -0.282. The van der Waals surface area contributed by atoms with Crippen LogP contribution in [0.5, 0.6) is 11.5 Å². The van der Waals surface area contributed by atoms with Gasteiger partial charge in [-0.05, 0) is 50.2 Å². The zero-order valence-electron chi connectivity index (χ0n) is 15.5. The number of halogens is 2. The Morgan fingerprint density at radius 3 is 2.63 bits per heavy atom. The summed E-state index contributed by atoms with van der Waals surface area (Å²) in [7, 11) is 0. The van der Waals surface area contributed by atoms with Crippen LogP contribution in [0.15, 0.2) is 53.8 Å². The second-order valence-electron chi connectivity index (χ2n) is 5.57. The van der Waals surface area contributed by atoms with Gasteiger partial charge in [0.25, 0.3) is 0 Å². The van der Waals surface area contributed by atoms with Gasteiger partial charge >= 0.3 is 0 Å². The molecule has 6 nitrogen and oxygen atoms in total. The number of aromatic nitrogens is 1. The number of aliphatic imine (C=N–C) groups is 1. The number of hydrogen-bond donors (Lipinski definition) is 2. The molecule has 0 saturated carbocycles. The number of rotatable bonds is 9. The molecule has 0 bridgehead atoms. The standard InChI is InChI=1S/C19H25FN4O2.HI/c1-3-22-19(23-11-12-25-18-5-4-10-21-14-18)24-13-15(2)26-17-8-6-16(20)7-9-17;/h4-10,14-15H,3,11-13H2,1-2H3,(H2,22,23,24);1H. The van der Waals surface area contributed by atoms with Gasteiger partial charge in [-0.15, -0.1) is 24.0 Å². The molecule has 0 saturated heterocycles. The third kappa shape index (κ3) is 9.41. The number of nitrogens with one attached hydrogen (secondary N) is 2. The second kappa shape index (κ2) is 13.1. The monoisotopic (exact) mass is 488 g/mol. The normalized spacial score (nSPS) is 11.9. The average molecular weight is 488 g/mol. The van der Waals surface area contributed by atoms with Gasteiger partial charge in [0, 0.05) is 12.7 Å². The van der Waals surface area contributed by atoms with Gasteiger partial charge in [0.15, 0.2) is 5.96 Å². The zero-order chi connectivity index (χ0) is 18.6. The quantitative estimate of drug-likeness (QED) is 0.246. The predicted molar refractivity (Wildman–Crippen MR) is 116 cm³/mol. The molecule has 0 aliphatic carbocycles. The minimum Gasteiger partial charge on any atom is -0.490 e. The molecule has 27 heavy (non-hydrogen) atoms. The molecule has 1 atom stereocenters. The van der Waals surface area contributed by atoms with Crippen LogP contribution in [0.3, 0.4) is 0 Å². The van der Waals surface area contributed by atoms with E-state index >= 15 is 0 Å². The molecular formula is C19H26FIN4O2. The maximum atomic E-state index is 12.9. The van der Waals surface area contributed by atoms with Gasteiger partial charge in [-0.2, -0.15) is 0 Å². The van der Waals surface area contributed by atoms with Crippen LogP contribution in [0.4, 0.5) is 4.39 Å². The van der Waals surface area contributed by atoms with Crippen molar-refractivity contribution in [1.29, 1.82) is 0 Å². The smallest absolute Gasteiger partial charge is 0.191 e. The van der Waals surface area contributed by atoms with Crippen LogP contribution in [0.1, 0.15) is 13.8 Å². The van der Waals surface area contributed by atoms with Crippen molar-refractivity contribution >= 4 is 29.9 Å². The molecule has 0 spiro atoms. The van der Waals surface area contributed by atoms with Gasteiger partial charge < -0.3 is 20.1 Å². The lowest BCUT2D eigenvalue weighted by atomic mass is 10.3. The highest BCUT2D eigenvalue weighted by atomic mass is 127. The SMILES string of the molecule is CCNC(=NCC(C)Oc1ccc(F)cc1)NCCOc1cccnc1.I. The molecule has 2 N–H and O–H groups in total.